The van der Waals surface area contributed by atoms with E-state index in [1.54, 1.807) is 0 Å². The minimum absolute atomic E-state index is 0.211. The number of aliphatic hydroxyl groups is 3. The Bertz CT molecular complexity index is 558. The smallest absolute Gasteiger partial charge is 0.180 e. The highest BCUT2D eigenvalue weighted by molar-refractivity contribution is 9.10. The summed E-state index contributed by atoms with van der Waals surface area (Å²) in [5, 5.41) is 30.2. The van der Waals surface area contributed by atoms with Gasteiger partial charge < -0.3 is 15.3 Å². The summed E-state index contributed by atoms with van der Waals surface area (Å²) in [4.78, 5) is 41.4. The van der Waals surface area contributed by atoms with Crippen LogP contribution in [0.2, 0.25) is 0 Å². The van der Waals surface area contributed by atoms with Crippen LogP contribution in [-0.2, 0) is 14.4 Å². The summed E-state index contributed by atoms with van der Waals surface area (Å²) in [5.74, 6) is -2.28. The normalized spacial score (nSPS) is 14.9. The molecule has 0 heterocycles. The largest absolute Gasteiger partial charge is 0.395 e. The van der Waals surface area contributed by atoms with E-state index in [1.165, 1.54) is 46.4 Å². The Labute approximate surface area is 191 Å². The summed E-state index contributed by atoms with van der Waals surface area (Å²) in [6, 6.07) is 0. The molecule has 164 valence electrons. The molecule has 0 fully saturated rings. The summed E-state index contributed by atoms with van der Waals surface area (Å²) in [5.41, 5.74) is -2.34. The van der Waals surface area contributed by atoms with Gasteiger partial charge in [-0.05, 0) is 41.5 Å². The van der Waals surface area contributed by atoms with Gasteiger partial charge in [0.25, 0.3) is 0 Å². The predicted octanol–water partition coefficient (Wildman–Crippen LogP) is 1.60. The van der Waals surface area contributed by atoms with Gasteiger partial charge in [-0.25, -0.2) is 0 Å². The molecule has 0 aliphatic rings. The Kier molecular flexibility index (Phi) is 10.2. The van der Waals surface area contributed by atoms with Crippen molar-refractivity contribution in [3.8, 4) is 0 Å². The molecule has 0 saturated carbocycles. The summed E-state index contributed by atoms with van der Waals surface area (Å²) >= 11 is 9.69. The molecule has 0 aliphatic carbocycles. The third kappa shape index (κ3) is 6.15. The maximum atomic E-state index is 13.6. The third-order valence-electron chi connectivity index (χ3n) is 4.24. The number of Topliss-reactive ketones (excluding diaryl/α,β-unsaturated/α-hetero) is 3. The lowest BCUT2D eigenvalue weighted by molar-refractivity contribution is -0.163. The maximum Gasteiger partial charge on any atom is 0.180 e. The summed E-state index contributed by atoms with van der Waals surface area (Å²) < 4.78 is -3.81. The topological polar surface area (TPSA) is 115 Å². The van der Waals surface area contributed by atoms with Gasteiger partial charge in [-0.2, -0.15) is 0 Å². The van der Waals surface area contributed by atoms with Gasteiger partial charge in [-0.1, -0.05) is 47.8 Å². The molecule has 28 heavy (non-hydrogen) atoms. The van der Waals surface area contributed by atoms with Crippen molar-refractivity contribution < 1.29 is 29.7 Å². The molecule has 0 aromatic heterocycles. The average molecular weight is 596 g/mol. The molecular formula is C18H30Br3NO6. The molecule has 0 saturated heterocycles. The van der Waals surface area contributed by atoms with Crippen LogP contribution in [0.5, 0.6) is 0 Å². The number of hydrogen-bond donors (Lipinski definition) is 3. The molecular weight excluding hydrogens is 566 g/mol. The Morgan fingerprint density at radius 3 is 1.32 bits per heavy atom. The van der Waals surface area contributed by atoms with Gasteiger partial charge in [0.05, 0.1) is 26.2 Å². The predicted molar refractivity (Wildman–Crippen MR) is 119 cm³/mol. The molecule has 0 bridgehead atoms. The zero-order valence-electron chi connectivity index (χ0n) is 17.1. The van der Waals surface area contributed by atoms with Crippen LogP contribution < -0.4 is 0 Å². The number of carbonyl (C=O) groups excluding carboxylic acids is 3. The van der Waals surface area contributed by atoms with E-state index in [0.29, 0.717) is 0 Å². The summed E-state index contributed by atoms with van der Waals surface area (Å²) in [6.45, 7) is 7.69. The van der Waals surface area contributed by atoms with Crippen LogP contribution in [0.1, 0.15) is 41.5 Å². The van der Waals surface area contributed by atoms with E-state index in [9.17, 15) is 29.7 Å². The molecule has 10 heteroatoms. The molecule has 0 rings (SSSR count). The van der Waals surface area contributed by atoms with Crippen molar-refractivity contribution in [3.05, 3.63) is 0 Å². The minimum atomic E-state index is -2.34. The van der Waals surface area contributed by atoms with Gasteiger partial charge in [-0.15, -0.1) is 0 Å². The Hall–Kier alpha value is 0.290. The van der Waals surface area contributed by atoms with E-state index >= 15 is 0 Å². The molecule has 1 unspecified atom stereocenters. The van der Waals surface area contributed by atoms with Gasteiger partial charge in [-0.3, -0.25) is 19.3 Å². The lowest BCUT2D eigenvalue weighted by atomic mass is 9.71. The summed E-state index contributed by atoms with van der Waals surface area (Å²) in [7, 11) is 0. The number of nitrogens with zero attached hydrogens (tertiary/aromatic N) is 1. The van der Waals surface area contributed by atoms with E-state index < -0.39 is 55.2 Å². The van der Waals surface area contributed by atoms with E-state index in [-0.39, 0.29) is 13.1 Å². The number of aliphatic hydroxyl groups excluding tert-OH is 3. The van der Waals surface area contributed by atoms with Crippen LogP contribution in [0.25, 0.3) is 0 Å². The fourth-order valence-electron chi connectivity index (χ4n) is 2.94. The van der Waals surface area contributed by atoms with Crippen molar-refractivity contribution in [2.45, 2.75) is 66.2 Å². The average Bonchev–Trinajstić information content (AvgIpc) is 2.52. The fraction of sp³-hybridized carbons (Fsp3) is 0.833. The van der Waals surface area contributed by atoms with Gasteiger partial charge in [0, 0.05) is 13.1 Å². The highest BCUT2D eigenvalue weighted by atomic mass is 79.9. The third-order valence-corrected chi connectivity index (χ3v) is 5.35. The van der Waals surface area contributed by atoms with Crippen molar-refractivity contribution in [1.29, 1.82) is 0 Å². The second-order valence-electron chi connectivity index (χ2n) is 8.04. The van der Waals surface area contributed by atoms with Gasteiger partial charge in [0.15, 0.2) is 22.9 Å². The molecule has 3 N–H and O–H groups in total. The first-order chi connectivity index (χ1) is 12.4. The number of alkyl halides is 3. The number of rotatable bonds is 12. The Morgan fingerprint density at radius 1 is 0.786 bits per heavy atom. The number of carbonyl (C=O) groups is 3. The van der Waals surface area contributed by atoms with Gasteiger partial charge in [0.2, 0.25) is 0 Å². The van der Waals surface area contributed by atoms with Crippen molar-refractivity contribution in [2.75, 3.05) is 26.3 Å². The lowest BCUT2D eigenvalue weighted by Gasteiger charge is -2.48. The highest BCUT2D eigenvalue weighted by Gasteiger charge is 2.64. The highest BCUT2D eigenvalue weighted by Crippen LogP contribution is 2.39. The SMILES string of the molecule is CC(C)(Br)C(=O)C(O)C(C(=O)C(C)(C)Br)(C(=O)C(C)(C)Br)N(CCO)CCO. The number of halogens is 3. The van der Waals surface area contributed by atoms with Crippen LogP contribution >= 0.6 is 47.8 Å². The van der Waals surface area contributed by atoms with Crippen LogP contribution in [-0.4, -0.2) is 88.5 Å². The number of ketones is 3. The first kappa shape index (κ1) is 28.3. The zero-order chi connectivity index (χ0) is 22.7. The van der Waals surface area contributed by atoms with Gasteiger partial charge in [0.1, 0.15) is 6.10 Å². The van der Waals surface area contributed by atoms with Crippen LogP contribution in [0.4, 0.5) is 0 Å². The zero-order valence-corrected chi connectivity index (χ0v) is 21.8. The second kappa shape index (κ2) is 10.1. The standard InChI is InChI=1S/C18H30Br3NO6/c1-15(2,19)11(25)12(26)18(13(27)16(3,4)20,14(28)17(5,6)21)22(7-9-23)8-10-24/h12,23-24,26H,7-10H2,1-6H3. The Balaban J connectivity index is 7.16. The molecule has 0 radical (unpaired) electrons. The van der Waals surface area contributed by atoms with E-state index in [0.717, 1.165) is 0 Å². The Morgan fingerprint density at radius 2 is 1.11 bits per heavy atom. The molecule has 0 aliphatic heterocycles. The molecule has 0 spiro atoms. The minimum Gasteiger partial charge on any atom is -0.395 e. The molecule has 0 aromatic rings. The van der Waals surface area contributed by atoms with Crippen LogP contribution in [0.15, 0.2) is 0 Å². The van der Waals surface area contributed by atoms with Crippen molar-refractivity contribution in [2.24, 2.45) is 0 Å². The fourth-order valence-corrected chi connectivity index (χ4v) is 3.76. The van der Waals surface area contributed by atoms with Crippen LogP contribution in [0.3, 0.4) is 0 Å². The number of β-amino-alcohol motifs (C(OH)–C–C–N with tert-alkyl or cyclic N) is 2. The van der Waals surface area contributed by atoms with Crippen molar-refractivity contribution in [1.82, 2.24) is 4.90 Å². The van der Waals surface area contributed by atoms with Crippen molar-refractivity contribution >= 4 is 65.1 Å². The molecule has 0 amide bonds. The first-order valence-corrected chi connectivity index (χ1v) is 11.1. The summed E-state index contributed by atoms with van der Waals surface area (Å²) in [6.07, 6.45) is -2.05. The molecule has 7 nitrogen and oxygen atoms in total. The second-order valence-corrected chi connectivity index (χ2v) is 14.0. The lowest BCUT2D eigenvalue weighted by Crippen LogP contribution is -2.75. The van der Waals surface area contributed by atoms with E-state index in [4.69, 9.17) is 0 Å². The van der Waals surface area contributed by atoms with E-state index in [2.05, 4.69) is 47.8 Å². The monoisotopic (exact) mass is 593 g/mol. The van der Waals surface area contributed by atoms with Gasteiger partial charge >= 0.3 is 0 Å². The number of hydrogen-bond acceptors (Lipinski definition) is 7. The van der Waals surface area contributed by atoms with Crippen molar-refractivity contribution in [3.63, 3.8) is 0 Å². The van der Waals surface area contributed by atoms with Crippen LogP contribution in [0, 0.1) is 0 Å². The quantitative estimate of drug-likeness (QED) is 0.232. The maximum absolute atomic E-state index is 13.6. The van der Waals surface area contributed by atoms with E-state index in [1.807, 2.05) is 0 Å². The first-order valence-electron chi connectivity index (χ1n) is 8.75. The molecule has 0 aromatic carbocycles. The molecule has 1 atom stereocenters.